The number of sulfone groups is 1. The molecule has 0 aliphatic carbocycles. The van der Waals surface area contributed by atoms with Crippen molar-refractivity contribution >= 4 is 32.5 Å². The van der Waals surface area contributed by atoms with Crippen LogP contribution in [0.4, 0.5) is 0 Å². The first-order valence-electron chi connectivity index (χ1n) is 11.7. The summed E-state index contributed by atoms with van der Waals surface area (Å²) in [5.41, 5.74) is 3.46. The topological polar surface area (TPSA) is 113 Å². The molecule has 3 aromatic carbocycles. The Balaban J connectivity index is 1.59. The van der Waals surface area contributed by atoms with Crippen LogP contribution in [0.2, 0.25) is 5.02 Å². The maximum atomic E-state index is 13.9. The Labute approximate surface area is 227 Å². The summed E-state index contributed by atoms with van der Waals surface area (Å²) in [5, 5.41) is 5.21. The van der Waals surface area contributed by atoms with Gasteiger partial charge in [0, 0.05) is 34.8 Å². The summed E-state index contributed by atoms with van der Waals surface area (Å²) in [6.45, 7) is 0. The van der Waals surface area contributed by atoms with Crippen LogP contribution in [0.1, 0.15) is 0 Å². The zero-order valence-electron chi connectivity index (χ0n) is 20.4. The second-order valence-electron chi connectivity index (χ2n) is 8.82. The normalized spacial score (nSPS) is 11.6. The highest BCUT2D eigenvalue weighted by Crippen LogP contribution is 2.27. The van der Waals surface area contributed by atoms with Gasteiger partial charge in [-0.25, -0.2) is 28.1 Å². The summed E-state index contributed by atoms with van der Waals surface area (Å²) < 4.78 is 27.3. The summed E-state index contributed by atoms with van der Waals surface area (Å²) in [4.78, 5) is 27.1. The number of fused-ring (bicyclic) bond motifs is 1. The van der Waals surface area contributed by atoms with Gasteiger partial charge in [0.1, 0.15) is 17.5 Å². The Bertz CT molecular complexity index is 2000. The van der Waals surface area contributed by atoms with E-state index in [4.69, 9.17) is 16.6 Å². The van der Waals surface area contributed by atoms with Crippen molar-refractivity contribution in [1.82, 2.24) is 29.3 Å². The lowest BCUT2D eigenvalue weighted by Crippen LogP contribution is -2.22. The van der Waals surface area contributed by atoms with Gasteiger partial charge in [-0.1, -0.05) is 41.9 Å². The Morgan fingerprint density at radius 2 is 1.49 bits per heavy atom. The molecular formula is C28H19ClN6O3S. The van der Waals surface area contributed by atoms with Crippen LogP contribution in [-0.2, 0) is 9.84 Å². The van der Waals surface area contributed by atoms with Crippen LogP contribution in [0.3, 0.4) is 0 Å². The smallest absolute Gasteiger partial charge is 0.268 e. The van der Waals surface area contributed by atoms with E-state index in [9.17, 15) is 13.2 Å². The van der Waals surface area contributed by atoms with Crippen molar-refractivity contribution in [3.05, 3.63) is 113 Å². The molecule has 0 saturated heterocycles. The van der Waals surface area contributed by atoms with Crippen LogP contribution in [0.5, 0.6) is 0 Å². The minimum atomic E-state index is -3.45. The largest absolute Gasteiger partial charge is 0.269 e. The fourth-order valence-electron chi connectivity index (χ4n) is 4.29. The van der Waals surface area contributed by atoms with Crippen molar-refractivity contribution in [3.8, 4) is 33.9 Å². The van der Waals surface area contributed by atoms with Gasteiger partial charge in [0.25, 0.3) is 5.56 Å². The van der Waals surface area contributed by atoms with Gasteiger partial charge in [0.2, 0.25) is 0 Å². The molecule has 0 aliphatic heterocycles. The molecule has 0 N–H and O–H groups in total. The van der Waals surface area contributed by atoms with E-state index < -0.39 is 9.84 Å². The van der Waals surface area contributed by atoms with Gasteiger partial charge in [-0.2, -0.15) is 5.10 Å². The number of halogens is 1. The third-order valence-corrected chi connectivity index (χ3v) is 7.58. The number of aromatic nitrogens is 6. The van der Waals surface area contributed by atoms with Crippen molar-refractivity contribution in [2.45, 2.75) is 4.90 Å². The zero-order chi connectivity index (χ0) is 27.1. The van der Waals surface area contributed by atoms with Gasteiger partial charge in [-0.3, -0.25) is 9.36 Å². The highest BCUT2D eigenvalue weighted by atomic mass is 35.5. The van der Waals surface area contributed by atoms with Crippen LogP contribution in [0, 0.1) is 0 Å². The molecule has 0 atom stereocenters. The molecule has 0 fully saturated rings. The molecule has 0 aliphatic rings. The highest BCUT2D eigenvalue weighted by molar-refractivity contribution is 7.90. The molecule has 0 amide bonds. The quantitative estimate of drug-likeness (QED) is 0.302. The molecule has 3 heterocycles. The Kier molecular flexibility index (Phi) is 6.05. The van der Waals surface area contributed by atoms with E-state index in [1.807, 2.05) is 24.3 Å². The first-order valence-corrected chi connectivity index (χ1v) is 14.0. The van der Waals surface area contributed by atoms with Gasteiger partial charge in [-0.05, 0) is 48.0 Å². The second kappa shape index (κ2) is 9.57. The molecule has 6 rings (SSSR count). The predicted molar refractivity (Wildman–Crippen MR) is 149 cm³/mol. The number of hydrogen-bond acceptors (Lipinski definition) is 7. The summed E-state index contributed by atoms with van der Waals surface area (Å²) in [7, 11) is -3.45. The fraction of sp³-hybridized carbons (Fsp3) is 0.0357. The SMILES string of the molecule is CS(=O)(=O)c1cccc(-n2ncc3c(=O)n(-c4ccc(Cl)cc4)c(-c4ccc(-c5cncnc5)cc4)nc32)c1. The van der Waals surface area contributed by atoms with Crippen molar-refractivity contribution < 1.29 is 8.42 Å². The van der Waals surface area contributed by atoms with E-state index >= 15 is 0 Å². The molecule has 9 nitrogen and oxygen atoms in total. The monoisotopic (exact) mass is 554 g/mol. The average molecular weight is 555 g/mol. The minimum Gasteiger partial charge on any atom is -0.268 e. The molecule has 0 unspecified atom stereocenters. The highest BCUT2D eigenvalue weighted by Gasteiger charge is 2.19. The Morgan fingerprint density at radius 3 is 2.18 bits per heavy atom. The average Bonchev–Trinajstić information content (AvgIpc) is 3.38. The predicted octanol–water partition coefficient (Wildman–Crippen LogP) is 4.75. The van der Waals surface area contributed by atoms with E-state index in [0.29, 0.717) is 33.4 Å². The molecule has 3 aromatic heterocycles. The number of rotatable bonds is 5. The Hall–Kier alpha value is -4.67. The van der Waals surface area contributed by atoms with E-state index in [1.54, 1.807) is 48.8 Å². The molecule has 0 saturated carbocycles. The molecule has 11 heteroatoms. The maximum Gasteiger partial charge on any atom is 0.269 e. The lowest BCUT2D eigenvalue weighted by atomic mass is 10.1. The number of hydrogen-bond donors (Lipinski definition) is 0. The molecule has 192 valence electrons. The fourth-order valence-corrected chi connectivity index (χ4v) is 5.07. The van der Waals surface area contributed by atoms with E-state index in [1.165, 1.54) is 33.9 Å². The van der Waals surface area contributed by atoms with Gasteiger partial charge in [0.15, 0.2) is 15.5 Å². The number of benzene rings is 3. The van der Waals surface area contributed by atoms with Crippen molar-refractivity contribution in [1.29, 1.82) is 0 Å². The van der Waals surface area contributed by atoms with E-state index in [2.05, 4.69) is 15.1 Å². The molecule has 6 aromatic rings. The van der Waals surface area contributed by atoms with Crippen LogP contribution in [0.25, 0.3) is 44.9 Å². The number of nitrogens with zero attached hydrogens (tertiary/aromatic N) is 6. The summed E-state index contributed by atoms with van der Waals surface area (Å²) >= 11 is 6.11. The van der Waals surface area contributed by atoms with Gasteiger partial charge >= 0.3 is 0 Å². The summed E-state index contributed by atoms with van der Waals surface area (Å²) in [6.07, 6.45) is 7.49. The lowest BCUT2D eigenvalue weighted by Gasteiger charge is -2.14. The Morgan fingerprint density at radius 1 is 0.795 bits per heavy atom. The van der Waals surface area contributed by atoms with Crippen molar-refractivity contribution in [2.75, 3.05) is 6.26 Å². The third-order valence-electron chi connectivity index (χ3n) is 6.21. The van der Waals surface area contributed by atoms with Gasteiger partial charge < -0.3 is 0 Å². The van der Waals surface area contributed by atoms with Gasteiger partial charge in [-0.15, -0.1) is 0 Å². The minimum absolute atomic E-state index is 0.138. The summed E-state index contributed by atoms with van der Waals surface area (Å²) in [6, 6.07) is 20.8. The summed E-state index contributed by atoms with van der Waals surface area (Å²) in [5.74, 6) is 0.381. The standard InChI is InChI=1S/C28H19ClN6O3S/c1-39(37,38)24-4-2-3-23(13-24)35-27-25(16-32-35)28(36)34(22-11-9-21(29)10-12-22)26(33-27)19-7-5-18(6-8-19)20-14-30-17-31-15-20/h2-17H,1H3. The molecule has 39 heavy (non-hydrogen) atoms. The zero-order valence-corrected chi connectivity index (χ0v) is 22.0. The maximum absolute atomic E-state index is 13.9. The van der Waals surface area contributed by atoms with Crippen molar-refractivity contribution in [2.24, 2.45) is 0 Å². The molecular weight excluding hydrogens is 536 g/mol. The first-order chi connectivity index (χ1) is 18.8. The van der Waals surface area contributed by atoms with Crippen LogP contribution in [0.15, 0.2) is 107 Å². The van der Waals surface area contributed by atoms with Crippen LogP contribution < -0.4 is 5.56 Å². The second-order valence-corrected chi connectivity index (χ2v) is 11.3. The lowest BCUT2D eigenvalue weighted by molar-refractivity contribution is 0.601. The third kappa shape index (κ3) is 4.60. The molecule has 0 bridgehead atoms. The van der Waals surface area contributed by atoms with E-state index in [-0.39, 0.29) is 15.8 Å². The van der Waals surface area contributed by atoms with Crippen LogP contribution >= 0.6 is 11.6 Å². The van der Waals surface area contributed by atoms with Gasteiger partial charge in [0.05, 0.1) is 22.5 Å². The van der Waals surface area contributed by atoms with Crippen LogP contribution in [-0.4, -0.2) is 44.0 Å². The van der Waals surface area contributed by atoms with Crippen molar-refractivity contribution in [3.63, 3.8) is 0 Å². The first kappa shape index (κ1) is 24.7. The molecule has 0 radical (unpaired) electrons. The molecule has 0 spiro atoms. The van der Waals surface area contributed by atoms with E-state index in [0.717, 1.165) is 17.4 Å².